The monoisotopic (exact) mass is 317 g/mol. The lowest BCUT2D eigenvalue weighted by atomic mass is 10.1. The maximum absolute atomic E-state index is 12.1. The van der Waals surface area contributed by atoms with Gasteiger partial charge in [0.2, 0.25) is 5.69 Å². The summed E-state index contributed by atoms with van der Waals surface area (Å²) in [5.41, 5.74) is 2.81. The largest absolute Gasteiger partial charge is 0.378 e. The van der Waals surface area contributed by atoms with Gasteiger partial charge in [0.05, 0.1) is 4.92 Å². The molecule has 0 aliphatic rings. The van der Waals surface area contributed by atoms with Crippen molar-refractivity contribution in [3.8, 4) is 0 Å². The summed E-state index contributed by atoms with van der Waals surface area (Å²) < 4.78 is 0. The zero-order chi connectivity index (χ0) is 17.1. The van der Waals surface area contributed by atoms with E-state index < -0.39 is 10.8 Å². The molecule has 1 amide bonds. The van der Waals surface area contributed by atoms with E-state index in [4.69, 9.17) is 0 Å². The van der Waals surface area contributed by atoms with Crippen molar-refractivity contribution in [1.82, 2.24) is 15.5 Å². The van der Waals surface area contributed by atoms with Crippen molar-refractivity contribution in [2.45, 2.75) is 20.4 Å². The van der Waals surface area contributed by atoms with Crippen LogP contribution in [0.5, 0.6) is 0 Å². The van der Waals surface area contributed by atoms with Crippen LogP contribution in [-0.4, -0.2) is 35.1 Å². The molecule has 0 saturated carbocycles. The molecule has 0 spiro atoms. The SMILES string of the molecule is Cc1cc(N(C)C)ccc1CNC(=O)c1n[nH]c(C)c1[N+](=O)[O-]. The van der Waals surface area contributed by atoms with Crippen LogP contribution in [0.4, 0.5) is 11.4 Å². The Bertz CT molecular complexity index is 752. The maximum atomic E-state index is 12.1. The Balaban J connectivity index is 2.12. The molecule has 0 aliphatic carbocycles. The topological polar surface area (TPSA) is 104 Å². The number of aromatic amines is 1. The van der Waals surface area contributed by atoms with E-state index in [-0.39, 0.29) is 23.6 Å². The number of amides is 1. The molecule has 122 valence electrons. The van der Waals surface area contributed by atoms with Crippen LogP contribution >= 0.6 is 0 Å². The molecular formula is C15H19N5O3. The number of hydrogen-bond donors (Lipinski definition) is 2. The first-order chi connectivity index (χ1) is 10.8. The zero-order valence-corrected chi connectivity index (χ0v) is 13.5. The van der Waals surface area contributed by atoms with Gasteiger partial charge in [0.25, 0.3) is 5.91 Å². The Hall–Kier alpha value is -2.90. The second-order valence-electron chi connectivity index (χ2n) is 5.49. The molecule has 2 N–H and O–H groups in total. The first kappa shape index (κ1) is 16.5. The van der Waals surface area contributed by atoms with Crippen molar-refractivity contribution in [2.75, 3.05) is 19.0 Å². The Labute approximate surface area is 133 Å². The van der Waals surface area contributed by atoms with Crippen LogP contribution in [0, 0.1) is 24.0 Å². The van der Waals surface area contributed by atoms with E-state index in [0.29, 0.717) is 0 Å². The number of nitrogens with zero attached hydrogens (tertiary/aromatic N) is 3. The van der Waals surface area contributed by atoms with Crippen molar-refractivity contribution in [3.63, 3.8) is 0 Å². The zero-order valence-electron chi connectivity index (χ0n) is 13.5. The van der Waals surface area contributed by atoms with Gasteiger partial charge in [-0.25, -0.2) is 0 Å². The van der Waals surface area contributed by atoms with E-state index >= 15 is 0 Å². The van der Waals surface area contributed by atoms with Gasteiger partial charge in [-0.15, -0.1) is 0 Å². The Kier molecular flexibility index (Phi) is 4.63. The number of carbonyl (C=O) groups excluding carboxylic acids is 1. The summed E-state index contributed by atoms with van der Waals surface area (Å²) in [7, 11) is 3.91. The molecule has 1 aromatic carbocycles. The fourth-order valence-electron chi connectivity index (χ4n) is 2.22. The highest BCUT2D eigenvalue weighted by atomic mass is 16.6. The second-order valence-corrected chi connectivity index (χ2v) is 5.49. The number of hydrogen-bond acceptors (Lipinski definition) is 5. The van der Waals surface area contributed by atoms with Gasteiger partial charge >= 0.3 is 5.69 Å². The average Bonchev–Trinajstić information content (AvgIpc) is 2.87. The molecule has 2 aromatic rings. The maximum Gasteiger partial charge on any atom is 0.322 e. The summed E-state index contributed by atoms with van der Waals surface area (Å²) in [4.78, 5) is 24.5. The molecule has 2 rings (SSSR count). The van der Waals surface area contributed by atoms with Crippen LogP contribution in [0.2, 0.25) is 0 Å². The first-order valence-corrected chi connectivity index (χ1v) is 7.05. The van der Waals surface area contributed by atoms with Crippen molar-refractivity contribution in [1.29, 1.82) is 0 Å². The number of rotatable bonds is 5. The third-order valence-corrected chi connectivity index (χ3v) is 3.59. The van der Waals surface area contributed by atoms with Crippen molar-refractivity contribution in [3.05, 3.63) is 50.8 Å². The number of nitrogens with one attached hydrogen (secondary N) is 2. The number of carbonyl (C=O) groups is 1. The minimum absolute atomic E-state index is 0.199. The van der Waals surface area contributed by atoms with E-state index in [1.807, 2.05) is 44.1 Å². The highest BCUT2D eigenvalue weighted by Gasteiger charge is 2.26. The number of anilines is 1. The van der Waals surface area contributed by atoms with Gasteiger partial charge in [-0.1, -0.05) is 6.07 Å². The van der Waals surface area contributed by atoms with Gasteiger partial charge in [0.1, 0.15) is 5.69 Å². The fourth-order valence-corrected chi connectivity index (χ4v) is 2.22. The molecule has 0 radical (unpaired) electrons. The molecule has 8 nitrogen and oxygen atoms in total. The van der Waals surface area contributed by atoms with Crippen molar-refractivity contribution in [2.24, 2.45) is 0 Å². The first-order valence-electron chi connectivity index (χ1n) is 7.05. The molecule has 0 bridgehead atoms. The minimum Gasteiger partial charge on any atom is -0.378 e. The summed E-state index contributed by atoms with van der Waals surface area (Å²) in [6, 6.07) is 5.90. The molecule has 0 unspecified atom stereocenters. The van der Waals surface area contributed by atoms with E-state index in [1.165, 1.54) is 6.92 Å². The highest BCUT2D eigenvalue weighted by Crippen LogP contribution is 2.21. The Morgan fingerprint density at radius 1 is 1.39 bits per heavy atom. The van der Waals surface area contributed by atoms with E-state index in [2.05, 4.69) is 15.5 Å². The Morgan fingerprint density at radius 2 is 2.09 bits per heavy atom. The van der Waals surface area contributed by atoms with Gasteiger partial charge in [0, 0.05) is 26.3 Å². The van der Waals surface area contributed by atoms with Crippen molar-refractivity contribution < 1.29 is 9.72 Å². The molecule has 8 heteroatoms. The average molecular weight is 317 g/mol. The van der Waals surface area contributed by atoms with Crippen LogP contribution < -0.4 is 10.2 Å². The van der Waals surface area contributed by atoms with Crippen LogP contribution in [-0.2, 0) is 6.54 Å². The molecule has 23 heavy (non-hydrogen) atoms. The lowest BCUT2D eigenvalue weighted by Gasteiger charge is -2.15. The lowest BCUT2D eigenvalue weighted by Crippen LogP contribution is -2.24. The molecule has 1 aromatic heterocycles. The number of H-pyrrole nitrogens is 1. The van der Waals surface area contributed by atoms with E-state index in [9.17, 15) is 14.9 Å². The van der Waals surface area contributed by atoms with Crippen molar-refractivity contribution >= 4 is 17.3 Å². The number of benzene rings is 1. The molecule has 0 aliphatic heterocycles. The number of aromatic nitrogens is 2. The standard InChI is InChI=1S/C15H19N5O3/c1-9-7-12(19(3)4)6-5-11(9)8-16-15(21)13-14(20(22)23)10(2)17-18-13/h5-7H,8H2,1-4H3,(H,16,21)(H,17,18). The molecule has 0 saturated heterocycles. The lowest BCUT2D eigenvalue weighted by molar-refractivity contribution is -0.385. The highest BCUT2D eigenvalue weighted by molar-refractivity contribution is 5.96. The van der Waals surface area contributed by atoms with Crippen LogP contribution in [0.25, 0.3) is 0 Å². The van der Waals surface area contributed by atoms with E-state index in [0.717, 1.165) is 16.8 Å². The predicted molar refractivity (Wildman–Crippen MR) is 86.7 cm³/mol. The minimum atomic E-state index is -0.606. The molecular weight excluding hydrogens is 298 g/mol. The predicted octanol–water partition coefficient (Wildman–Crippen LogP) is 1.93. The van der Waals surface area contributed by atoms with E-state index in [1.54, 1.807) is 0 Å². The summed E-state index contributed by atoms with van der Waals surface area (Å²) >= 11 is 0. The molecule has 1 heterocycles. The second kappa shape index (κ2) is 6.47. The summed E-state index contributed by atoms with van der Waals surface area (Å²) in [6.45, 7) is 3.74. The summed E-state index contributed by atoms with van der Waals surface area (Å²) in [5.74, 6) is -0.572. The summed E-state index contributed by atoms with van der Waals surface area (Å²) in [5, 5.41) is 19.9. The quantitative estimate of drug-likeness (QED) is 0.647. The van der Waals surface area contributed by atoms with Gasteiger partial charge in [-0.2, -0.15) is 5.10 Å². The third-order valence-electron chi connectivity index (χ3n) is 3.59. The van der Waals surface area contributed by atoms with Gasteiger partial charge in [-0.05, 0) is 37.1 Å². The molecule has 0 atom stereocenters. The normalized spacial score (nSPS) is 10.4. The fraction of sp³-hybridized carbons (Fsp3) is 0.333. The smallest absolute Gasteiger partial charge is 0.322 e. The van der Waals surface area contributed by atoms with Crippen LogP contribution in [0.1, 0.15) is 27.3 Å². The van der Waals surface area contributed by atoms with Crippen LogP contribution in [0.15, 0.2) is 18.2 Å². The third kappa shape index (κ3) is 3.47. The number of aryl methyl sites for hydroxylation is 2. The summed E-state index contributed by atoms with van der Waals surface area (Å²) in [6.07, 6.45) is 0. The van der Waals surface area contributed by atoms with Gasteiger partial charge in [-0.3, -0.25) is 20.0 Å². The molecule has 0 fully saturated rings. The van der Waals surface area contributed by atoms with Crippen LogP contribution in [0.3, 0.4) is 0 Å². The number of nitro groups is 1. The van der Waals surface area contributed by atoms with Gasteiger partial charge in [0.15, 0.2) is 0 Å². The Morgan fingerprint density at radius 3 is 2.65 bits per heavy atom. The van der Waals surface area contributed by atoms with Gasteiger partial charge < -0.3 is 10.2 Å².